The van der Waals surface area contributed by atoms with E-state index in [9.17, 15) is 16.8 Å². The molecule has 4 aromatic rings. The average molecular weight is 915 g/mol. The summed E-state index contributed by atoms with van der Waals surface area (Å²) in [4.78, 5) is 8.77. The fraction of sp³-hybridized carbons (Fsp3) is 0.390. The Hall–Kier alpha value is -5.02. The molecular weight excluding hydrogens is 854 g/mol. The number of hydrogen-bond acceptors (Lipinski definition) is 13. The maximum atomic E-state index is 11.7. The second-order valence-corrected chi connectivity index (χ2v) is 16.0. The van der Waals surface area contributed by atoms with Gasteiger partial charge in [0.1, 0.15) is 34.5 Å². The van der Waals surface area contributed by atoms with Crippen molar-refractivity contribution in [2.75, 3.05) is 53.7 Å². The SMILES string of the molecule is CCOc1ccccc1OCCN[C@H](C)Cc1ccc(OC)c(S(N)(=O)=O)c1.CCOc1ccccc1OCCN[C@H](C)Cc1ccc(OC)c(S(N)(=O)=O)c1.Cl.NC(=O)O. The number of halogens is 1. The zero-order valence-corrected chi connectivity index (χ0v) is 37.7. The largest absolute Gasteiger partial charge is 0.495 e. The van der Waals surface area contributed by atoms with E-state index in [4.69, 9.17) is 48.6 Å². The molecule has 0 heterocycles. The maximum absolute atomic E-state index is 11.7. The van der Waals surface area contributed by atoms with Crippen LogP contribution in [0.4, 0.5) is 4.79 Å². The van der Waals surface area contributed by atoms with Gasteiger partial charge in [-0.1, -0.05) is 36.4 Å². The molecule has 1 amide bonds. The van der Waals surface area contributed by atoms with Gasteiger partial charge in [0.25, 0.3) is 0 Å². The van der Waals surface area contributed by atoms with E-state index in [1.165, 1.54) is 14.2 Å². The predicted molar refractivity (Wildman–Crippen MR) is 237 cm³/mol. The number of carboxylic acid groups (broad SMARTS) is 1. The van der Waals surface area contributed by atoms with Gasteiger partial charge in [-0.2, -0.15) is 0 Å². The number of sulfonamides is 2. The van der Waals surface area contributed by atoms with Gasteiger partial charge in [0.2, 0.25) is 20.0 Å². The van der Waals surface area contributed by atoms with Crippen LogP contribution in [0.25, 0.3) is 0 Å². The molecule has 17 nitrogen and oxygen atoms in total. The number of benzene rings is 4. The summed E-state index contributed by atoms with van der Waals surface area (Å²) in [6.07, 6.45) is -0.0515. The first-order chi connectivity index (χ1) is 28.4. The Labute approximate surface area is 365 Å². The number of amides is 1. The Morgan fingerprint density at radius 3 is 1.20 bits per heavy atom. The van der Waals surface area contributed by atoms with E-state index in [1.807, 2.05) is 88.4 Å². The normalized spacial score (nSPS) is 11.8. The zero-order valence-electron chi connectivity index (χ0n) is 35.3. The standard InChI is InChI=1S/2C20H28N2O5S.CH3NO2.ClH/c2*1-4-26-17-7-5-6-8-18(17)27-12-11-22-15(2)13-16-9-10-19(25-3)20(14-16)28(21,23)24;2-1(3)4;/h2*5-10,14-15,22H,4,11-13H2,1-3H3,(H2,21,23,24);2H2,(H,3,4);1H/t2*15-;;/m11../s1. The molecule has 0 fully saturated rings. The van der Waals surface area contributed by atoms with Gasteiger partial charge in [0.15, 0.2) is 23.0 Å². The molecule has 20 heteroatoms. The summed E-state index contributed by atoms with van der Waals surface area (Å²) in [6.45, 7) is 11.3. The number of nitrogens with one attached hydrogen (secondary N) is 2. The second-order valence-electron chi connectivity index (χ2n) is 13.0. The molecule has 0 bridgehead atoms. The summed E-state index contributed by atoms with van der Waals surface area (Å²) in [5, 5.41) is 24.5. The van der Waals surface area contributed by atoms with E-state index in [0.717, 1.165) is 22.6 Å². The third-order valence-corrected chi connectivity index (χ3v) is 10.0. The van der Waals surface area contributed by atoms with Gasteiger partial charge in [-0.3, -0.25) is 0 Å². The van der Waals surface area contributed by atoms with Crippen LogP contribution >= 0.6 is 12.4 Å². The van der Waals surface area contributed by atoms with Crippen LogP contribution in [-0.2, 0) is 32.9 Å². The first kappa shape index (κ1) is 54.0. The summed E-state index contributed by atoms with van der Waals surface area (Å²) in [5.41, 5.74) is 5.74. The highest BCUT2D eigenvalue weighted by Gasteiger charge is 2.18. The van der Waals surface area contributed by atoms with Gasteiger partial charge in [-0.05, 0) is 100 Å². The van der Waals surface area contributed by atoms with Gasteiger partial charge >= 0.3 is 6.09 Å². The number of methoxy groups -OCH3 is 2. The molecule has 9 N–H and O–H groups in total. The van der Waals surface area contributed by atoms with E-state index >= 15 is 0 Å². The van der Waals surface area contributed by atoms with E-state index in [-0.39, 0.29) is 45.8 Å². The molecule has 2 atom stereocenters. The monoisotopic (exact) mass is 913 g/mol. The molecule has 0 spiro atoms. The average Bonchev–Trinajstić information content (AvgIpc) is 3.19. The van der Waals surface area contributed by atoms with Gasteiger partial charge < -0.3 is 49.9 Å². The van der Waals surface area contributed by atoms with Crippen LogP contribution < -0.4 is 55.1 Å². The van der Waals surface area contributed by atoms with Crippen molar-refractivity contribution in [1.29, 1.82) is 0 Å². The minimum absolute atomic E-state index is 0. The highest BCUT2D eigenvalue weighted by atomic mass is 35.5. The van der Waals surface area contributed by atoms with E-state index in [2.05, 4.69) is 16.4 Å². The van der Waals surface area contributed by atoms with Crippen molar-refractivity contribution < 1.29 is 55.2 Å². The number of hydrogen-bond donors (Lipinski definition) is 6. The quantitative estimate of drug-likeness (QED) is 0.0583. The number of para-hydroxylation sites is 4. The lowest BCUT2D eigenvalue weighted by atomic mass is 10.1. The van der Waals surface area contributed by atoms with Crippen LogP contribution in [0.3, 0.4) is 0 Å². The smallest absolute Gasteiger partial charge is 0.402 e. The molecule has 0 radical (unpaired) electrons. The van der Waals surface area contributed by atoms with Crippen LogP contribution in [0.5, 0.6) is 34.5 Å². The van der Waals surface area contributed by atoms with E-state index in [1.54, 1.807) is 24.3 Å². The Morgan fingerprint density at radius 2 is 0.918 bits per heavy atom. The molecule has 0 saturated carbocycles. The molecule has 0 unspecified atom stereocenters. The minimum Gasteiger partial charge on any atom is -0.495 e. The van der Waals surface area contributed by atoms with Crippen molar-refractivity contribution in [2.24, 2.45) is 16.0 Å². The zero-order chi connectivity index (χ0) is 44.7. The van der Waals surface area contributed by atoms with Crippen LogP contribution in [0, 0.1) is 0 Å². The number of rotatable bonds is 22. The van der Waals surface area contributed by atoms with E-state index < -0.39 is 26.1 Å². The molecule has 340 valence electrons. The summed E-state index contributed by atoms with van der Waals surface area (Å²) >= 11 is 0. The fourth-order valence-corrected chi connectivity index (χ4v) is 7.11. The van der Waals surface area contributed by atoms with Gasteiger partial charge in [-0.15, -0.1) is 12.4 Å². The maximum Gasteiger partial charge on any atom is 0.402 e. The predicted octanol–water partition coefficient (Wildman–Crippen LogP) is 4.73. The molecule has 0 aromatic heterocycles. The van der Waals surface area contributed by atoms with Crippen molar-refractivity contribution in [2.45, 2.75) is 62.4 Å². The van der Waals surface area contributed by atoms with Crippen molar-refractivity contribution >= 4 is 38.5 Å². The van der Waals surface area contributed by atoms with Crippen LogP contribution in [-0.4, -0.2) is 93.9 Å². The molecule has 0 aliphatic heterocycles. The summed E-state index contributed by atoms with van der Waals surface area (Å²) < 4.78 is 79.7. The summed E-state index contributed by atoms with van der Waals surface area (Å²) in [5.74, 6) is 3.37. The van der Waals surface area contributed by atoms with Gasteiger partial charge in [0, 0.05) is 25.2 Å². The second kappa shape index (κ2) is 27.8. The first-order valence-electron chi connectivity index (χ1n) is 19.0. The molecule has 4 rings (SSSR count). The summed E-state index contributed by atoms with van der Waals surface area (Å²) in [6, 6.07) is 25.4. The molecule has 0 aliphatic rings. The summed E-state index contributed by atoms with van der Waals surface area (Å²) in [7, 11) is -4.85. The van der Waals surface area contributed by atoms with Crippen LogP contribution in [0.1, 0.15) is 38.8 Å². The minimum atomic E-state index is -3.84. The Morgan fingerprint density at radius 1 is 0.607 bits per heavy atom. The number of ether oxygens (including phenoxy) is 6. The number of carbonyl (C=O) groups is 1. The van der Waals surface area contributed by atoms with Crippen LogP contribution in [0.15, 0.2) is 94.7 Å². The first-order valence-corrected chi connectivity index (χ1v) is 22.1. The van der Waals surface area contributed by atoms with E-state index in [0.29, 0.717) is 63.9 Å². The molecule has 0 saturated heterocycles. The Kier molecular flexibility index (Phi) is 24.6. The van der Waals surface area contributed by atoms with Crippen molar-refractivity contribution in [3.63, 3.8) is 0 Å². The highest BCUT2D eigenvalue weighted by molar-refractivity contribution is 7.89. The van der Waals surface area contributed by atoms with Crippen molar-refractivity contribution in [1.82, 2.24) is 10.6 Å². The lowest BCUT2D eigenvalue weighted by molar-refractivity contribution is 0.205. The fourth-order valence-electron chi connectivity index (χ4n) is 5.61. The third kappa shape index (κ3) is 20.4. The van der Waals surface area contributed by atoms with Crippen LogP contribution in [0.2, 0.25) is 0 Å². The lowest BCUT2D eigenvalue weighted by Crippen LogP contribution is -2.32. The number of nitrogens with two attached hydrogens (primary N) is 3. The molecule has 0 aliphatic carbocycles. The Balaban J connectivity index is 0.000000552. The number of primary amides is 1. The highest BCUT2D eigenvalue weighted by Crippen LogP contribution is 2.28. The molecule has 4 aromatic carbocycles. The lowest BCUT2D eigenvalue weighted by Gasteiger charge is -2.16. The van der Waals surface area contributed by atoms with Gasteiger partial charge in [0.05, 0.1) is 27.4 Å². The number of primary sulfonamides is 2. The van der Waals surface area contributed by atoms with Gasteiger partial charge in [-0.25, -0.2) is 31.9 Å². The third-order valence-electron chi connectivity index (χ3n) is 8.16. The Bertz CT molecular complexity index is 2000. The van der Waals surface area contributed by atoms with Crippen molar-refractivity contribution in [3.8, 4) is 34.5 Å². The topological polar surface area (TPSA) is 263 Å². The van der Waals surface area contributed by atoms with Crippen molar-refractivity contribution in [3.05, 3.63) is 96.1 Å². The molecule has 61 heavy (non-hydrogen) atoms. The molecular formula is C41H60ClN5O12S2.